The minimum atomic E-state index is -0.113. The molecule has 0 fully saturated rings. The van der Waals surface area contributed by atoms with Crippen LogP contribution in [0.3, 0.4) is 0 Å². The average molecular weight is 354 g/mol. The molecule has 0 spiro atoms. The molecule has 2 aromatic heterocycles. The first-order chi connectivity index (χ1) is 10.8. The molecule has 2 aromatic rings. The second-order valence-corrected chi connectivity index (χ2v) is 7.59. The summed E-state index contributed by atoms with van der Waals surface area (Å²) in [6.07, 6.45) is 0.463. The van der Waals surface area contributed by atoms with Gasteiger partial charge in [-0.2, -0.15) is 0 Å². The van der Waals surface area contributed by atoms with Gasteiger partial charge < -0.3 is 10.6 Å². The smallest absolute Gasteiger partial charge is 0.228 e. The Morgan fingerprint density at radius 2 is 1.22 bits per heavy atom. The van der Waals surface area contributed by atoms with Crippen molar-refractivity contribution in [1.82, 2.24) is 20.4 Å². The Hall–Kier alpha value is -1.94. The van der Waals surface area contributed by atoms with Crippen molar-refractivity contribution < 1.29 is 9.59 Å². The number of anilines is 2. The van der Waals surface area contributed by atoms with Gasteiger partial charge in [0.1, 0.15) is 10.0 Å². The van der Waals surface area contributed by atoms with Crippen molar-refractivity contribution in [2.45, 2.75) is 34.1 Å². The Morgan fingerprint density at radius 3 is 1.57 bits per heavy atom. The van der Waals surface area contributed by atoms with E-state index in [0.717, 1.165) is 10.0 Å². The van der Waals surface area contributed by atoms with E-state index in [4.69, 9.17) is 0 Å². The summed E-state index contributed by atoms with van der Waals surface area (Å²) in [5.41, 5.74) is 0. The lowest BCUT2D eigenvalue weighted by Gasteiger charge is -2.02. The van der Waals surface area contributed by atoms with E-state index in [1.165, 1.54) is 22.7 Å². The van der Waals surface area contributed by atoms with Gasteiger partial charge in [0.25, 0.3) is 0 Å². The molecule has 2 rings (SSSR count). The van der Waals surface area contributed by atoms with Gasteiger partial charge in [0, 0.05) is 11.8 Å². The molecule has 2 N–H and O–H groups in total. The molecule has 0 atom stereocenters. The van der Waals surface area contributed by atoms with E-state index in [1.54, 1.807) is 0 Å². The van der Waals surface area contributed by atoms with Crippen LogP contribution in [0, 0.1) is 11.8 Å². The first-order valence-electron chi connectivity index (χ1n) is 7.11. The highest BCUT2D eigenvalue weighted by molar-refractivity contribution is 7.16. The molecular weight excluding hydrogens is 336 g/mol. The summed E-state index contributed by atoms with van der Waals surface area (Å²) in [5.74, 6) is -0.417. The van der Waals surface area contributed by atoms with Crippen LogP contribution in [0.25, 0.3) is 0 Å². The summed E-state index contributed by atoms with van der Waals surface area (Å²) < 4.78 is 0. The van der Waals surface area contributed by atoms with Crippen LogP contribution in [-0.2, 0) is 16.0 Å². The minimum absolute atomic E-state index is 0.0951. The van der Waals surface area contributed by atoms with Crippen LogP contribution >= 0.6 is 22.7 Å². The average Bonchev–Trinajstić information content (AvgIpc) is 3.09. The Kier molecular flexibility index (Phi) is 5.72. The molecule has 2 amide bonds. The van der Waals surface area contributed by atoms with Crippen LogP contribution < -0.4 is 10.6 Å². The normalized spacial score (nSPS) is 11.0. The first kappa shape index (κ1) is 17.4. The first-order valence-corrected chi connectivity index (χ1v) is 8.75. The monoisotopic (exact) mass is 354 g/mol. The number of hydrogen-bond donors (Lipinski definition) is 2. The number of carbonyl (C=O) groups excluding carboxylic acids is 2. The molecule has 0 bridgehead atoms. The van der Waals surface area contributed by atoms with Gasteiger partial charge >= 0.3 is 0 Å². The van der Waals surface area contributed by atoms with Crippen LogP contribution in [0.15, 0.2) is 0 Å². The molecule has 2 heterocycles. The SMILES string of the molecule is CC(C)C(=O)Nc1nnc(Cc2nnc(NC(=O)C(C)C)s2)s1. The Morgan fingerprint density at radius 1 is 0.826 bits per heavy atom. The van der Waals surface area contributed by atoms with E-state index in [1.807, 2.05) is 27.7 Å². The van der Waals surface area contributed by atoms with Gasteiger partial charge in [-0.1, -0.05) is 50.4 Å². The molecular formula is C13H18N6O2S2. The van der Waals surface area contributed by atoms with Gasteiger partial charge in [-0.05, 0) is 0 Å². The summed E-state index contributed by atoms with van der Waals surface area (Å²) in [5, 5.41) is 23.7. The van der Waals surface area contributed by atoms with Crippen molar-refractivity contribution in [1.29, 1.82) is 0 Å². The van der Waals surface area contributed by atoms with Crippen molar-refractivity contribution in [3.63, 3.8) is 0 Å². The van der Waals surface area contributed by atoms with E-state index in [9.17, 15) is 9.59 Å². The summed E-state index contributed by atoms with van der Waals surface area (Å²) in [6, 6.07) is 0. The number of aromatic nitrogens is 4. The zero-order valence-electron chi connectivity index (χ0n) is 13.3. The molecule has 8 nitrogen and oxygen atoms in total. The van der Waals surface area contributed by atoms with E-state index in [2.05, 4.69) is 31.0 Å². The minimum Gasteiger partial charge on any atom is -0.300 e. The van der Waals surface area contributed by atoms with Gasteiger partial charge in [0.15, 0.2) is 0 Å². The number of nitrogens with zero attached hydrogens (tertiary/aromatic N) is 4. The standard InChI is InChI=1S/C13H18N6O2S2/c1-6(2)10(20)14-12-18-16-8(22-12)5-9-17-19-13(23-9)15-11(21)7(3)4/h6-7H,5H2,1-4H3,(H,14,18,20)(H,15,19,21). The summed E-state index contributed by atoms with van der Waals surface area (Å²) in [6.45, 7) is 7.24. The lowest BCUT2D eigenvalue weighted by Crippen LogP contribution is -2.17. The van der Waals surface area contributed by atoms with Crippen LogP contribution in [0.5, 0.6) is 0 Å². The highest BCUT2D eigenvalue weighted by Crippen LogP contribution is 2.22. The number of carbonyl (C=O) groups is 2. The van der Waals surface area contributed by atoms with Crippen molar-refractivity contribution in [2.75, 3.05) is 10.6 Å². The van der Waals surface area contributed by atoms with Gasteiger partial charge in [-0.15, -0.1) is 20.4 Å². The third-order valence-electron chi connectivity index (χ3n) is 2.75. The van der Waals surface area contributed by atoms with Gasteiger partial charge in [0.2, 0.25) is 22.1 Å². The molecule has 0 unspecified atom stereocenters. The number of hydrogen-bond acceptors (Lipinski definition) is 8. The lowest BCUT2D eigenvalue weighted by molar-refractivity contribution is -0.119. The molecule has 0 aliphatic heterocycles. The topological polar surface area (TPSA) is 110 Å². The molecule has 0 aliphatic carbocycles. The molecule has 0 radical (unpaired) electrons. The van der Waals surface area contributed by atoms with Gasteiger partial charge in [-0.3, -0.25) is 9.59 Å². The quantitative estimate of drug-likeness (QED) is 0.822. The predicted molar refractivity (Wildman–Crippen MR) is 89.6 cm³/mol. The maximum absolute atomic E-state index is 11.6. The fourth-order valence-electron chi connectivity index (χ4n) is 1.38. The maximum Gasteiger partial charge on any atom is 0.228 e. The fourth-order valence-corrected chi connectivity index (χ4v) is 2.97. The fraction of sp³-hybridized carbons (Fsp3) is 0.538. The Bertz CT molecular complexity index is 636. The lowest BCUT2D eigenvalue weighted by atomic mass is 10.2. The third kappa shape index (κ3) is 5.03. The third-order valence-corrected chi connectivity index (χ3v) is 4.42. The molecule has 124 valence electrons. The number of amides is 2. The second kappa shape index (κ2) is 7.55. The van der Waals surface area contributed by atoms with E-state index in [0.29, 0.717) is 16.7 Å². The zero-order chi connectivity index (χ0) is 17.0. The van der Waals surface area contributed by atoms with E-state index >= 15 is 0 Å². The zero-order valence-corrected chi connectivity index (χ0v) is 14.9. The molecule has 0 aromatic carbocycles. The highest BCUT2D eigenvalue weighted by atomic mass is 32.1. The molecule has 0 aliphatic rings. The summed E-state index contributed by atoms with van der Waals surface area (Å²) in [4.78, 5) is 23.2. The van der Waals surface area contributed by atoms with Crippen LogP contribution in [0.4, 0.5) is 10.3 Å². The Labute approximate surface area is 141 Å². The van der Waals surface area contributed by atoms with Crippen molar-refractivity contribution in [2.24, 2.45) is 11.8 Å². The van der Waals surface area contributed by atoms with Crippen LogP contribution in [0.1, 0.15) is 37.7 Å². The summed E-state index contributed by atoms with van der Waals surface area (Å²) in [7, 11) is 0. The van der Waals surface area contributed by atoms with Crippen molar-refractivity contribution in [3.8, 4) is 0 Å². The second-order valence-electron chi connectivity index (χ2n) is 5.47. The van der Waals surface area contributed by atoms with Gasteiger partial charge in [0.05, 0.1) is 6.42 Å². The molecule has 10 heteroatoms. The van der Waals surface area contributed by atoms with Crippen molar-refractivity contribution in [3.05, 3.63) is 10.0 Å². The molecule has 23 heavy (non-hydrogen) atoms. The molecule has 0 saturated carbocycles. The van der Waals surface area contributed by atoms with E-state index in [-0.39, 0.29) is 23.7 Å². The predicted octanol–water partition coefficient (Wildman–Crippen LogP) is 2.17. The maximum atomic E-state index is 11.6. The van der Waals surface area contributed by atoms with Crippen LogP contribution in [-0.4, -0.2) is 32.2 Å². The number of rotatable bonds is 6. The Balaban J connectivity index is 1.95. The molecule has 0 saturated heterocycles. The largest absolute Gasteiger partial charge is 0.300 e. The highest BCUT2D eigenvalue weighted by Gasteiger charge is 2.14. The van der Waals surface area contributed by atoms with Gasteiger partial charge in [-0.25, -0.2) is 0 Å². The summed E-state index contributed by atoms with van der Waals surface area (Å²) >= 11 is 2.60. The van der Waals surface area contributed by atoms with Crippen molar-refractivity contribution >= 4 is 44.8 Å². The number of nitrogens with one attached hydrogen (secondary N) is 2. The van der Waals surface area contributed by atoms with Crippen LogP contribution in [0.2, 0.25) is 0 Å². The van der Waals surface area contributed by atoms with E-state index < -0.39 is 0 Å².